The number of rotatable bonds is 8. The largest absolute Gasteiger partial charge is 0.479 e. The lowest BCUT2D eigenvalue weighted by Crippen LogP contribution is -2.29. The van der Waals surface area contributed by atoms with Crippen LogP contribution in [0.15, 0.2) is 24.3 Å². The van der Waals surface area contributed by atoms with E-state index in [9.17, 15) is 0 Å². The summed E-state index contributed by atoms with van der Waals surface area (Å²) in [5, 5.41) is 12.0. The average molecular weight is 262 g/mol. The van der Waals surface area contributed by atoms with Crippen molar-refractivity contribution in [2.24, 2.45) is 0 Å². The highest BCUT2D eigenvalue weighted by Gasteiger charge is 2.09. The van der Waals surface area contributed by atoms with E-state index in [1.807, 2.05) is 30.3 Å². The van der Waals surface area contributed by atoms with E-state index in [1.165, 1.54) is 5.56 Å². The summed E-state index contributed by atoms with van der Waals surface area (Å²) in [6.45, 7) is 5.14. The molecule has 4 nitrogen and oxygen atoms in total. The first-order valence-electron chi connectivity index (χ1n) is 6.52. The van der Waals surface area contributed by atoms with Crippen molar-refractivity contribution >= 4 is 0 Å². The van der Waals surface area contributed by atoms with Crippen LogP contribution in [0, 0.1) is 11.3 Å². The first-order chi connectivity index (χ1) is 9.17. The highest BCUT2D eigenvalue weighted by Crippen LogP contribution is 2.18. The highest BCUT2D eigenvalue weighted by atomic mass is 16.5. The minimum atomic E-state index is 0.0845. The van der Waals surface area contributed by atoms with Crippen LogP contribution in [-0.4, -0.2) is 26.4 Å². The van der Waals surface area contributed by atoms with Crippen molar-refractivity contribution in [3.63, 3.8) is 0 Å². The molecule has 2 unspecified atom stereocenters. The van der Waals surface area contributed by atoms with Crippen molar-refractivity contribution in [1.82, 2.24) is 5.32 Å². The number of benzene rings is 1. The van der Waals surface area contributed by atoms with Crippen LogP contribution in [-0.2, 0) is 4.74 Å². The van der Waals surface area contributed by atoms with E-state index in [0.717, 1.165) is 18.8 Å². The zero-order chi connectivity index (χ0) is 14.1. The van der Waals surface area contributed by atoms with E-state index in [2.05, 4.69) is 19.2 Å². The first-order valence-corrected chi connectivity index (χ1v) is 6.52. The van der Waals surface area contributed by atoms with E-state index in [1.54, 1.807) is 7.11 Å². The molecule has 1 aromatic rings. The summed E-state index contributed by atoms with van der Waals surface area (Å²) >= 11 is 0. The molecule has 0 amide bonds. The standard InChI is InChI=1S/C15H22N2O2/c1-12(8-10-18-3)17-13(2)14-4-6-15(7-5-14)19-11-9-16/h4-7,12-13,17H,8,10-11H2,1-3H3. The fourth-order valence-electron chi connectivity index (χ4n) is 1.87. The lowest BCUT2D eigenvalue weighted by molar-refractivity contribution is 0.183. The molecule has 2 atom stereocenters. The molecule has 1 rings (SSSR count). The molecule has 0 radical (unpaired) electrons. The normalized spacial score (nSPS) is 13.6. The summed E-state index contributed by atoms with van der Waals surface area (Å²) in [7, 11) is 1.72. The van der Waals surface area contributed by atoms with Gasteiger partial charge in [-0.1, -0.05) is 12.1 Å². The van der Waals surface area contributed by atoms with Gasteiger partial charge in [-0.15, -0.1) is 0 Å². The molecule has 0 aliphatic carbocycles. The molecule has 0 fully saturated rings. The summed E-state index contributed by atoms with van der Waals surface area (Å²) in [5.74, 6) is 0.727. The molecule has 0 spiro atoms. The Kier molecular flexibility index (Phi) is 6.94. The van der Waals surface area contributed by atoms with Crippen molar-refractivity contribution in [3.8, 4) is 11.8 Å². The monoisotopic (exact) mass is 262 g/mol. The zero-order valence-corrected chi connectivity index (χ0v) is 11.8. The molecule has 0 saturated carbocycles. The fraction of sp³-hybridized carbons (Fsp3) is 0.533. The zero-order valence-electron chi connectivity index (χ0n) is 11.8. The fourth-order valence-corrected chi connectivity index (χ4v) is 1.87. The molecule has 104 valence electrons. The third kappa shape index (κ3) is 5.73. The Bertz CT molecular complexity index is 398. The summed E-state index contributed by atoms with van der Waals surface area (Å²) in [6, 6.07) is 10.5. The number of methoxy groups -OCH3 is 1. The van der Waals surface area contributed by atoms with Crippen molar-refractivity contribution < 1.29 is 9.47 Å². The van der Waals surface area contributed by atoms with Gasteiger partial charge in [-0.3, -0.25) is 0 Å². The topological polar surface area (TPSA) is 54.3 Å². The molecule has 0 aliphatic rings. The van der Waals surface area contributed by atoms with Gasteiger partial charge in [-0.05, 0) is 38.0 Å². The van der Waals surface area contributed by atoms with Gasteiger partial charge >= 0.3 is 0 Å². The molecule has 0 bridgehead atoms. The van der Waals surface area contributed by atoms with E-state index in [0.29, 0.717) is 6.04 Å². The van der Waals surface area contributed by atoms with Gasteiger partial charge in [0, 0.05) is 25.8 Å². The Labute approximate surface area is 115 Å². The SMILES string of the molecule is COCCC(C)NC(C)c1ccc(OCC#N)cc1. The van der Waals surface area contributed by atoms with Crippen molar-refractivity contribution in [3.05, 3.63) is 29.8 Å². The lowest BCUT2D eigenvalue weighted by atomic mass is 10.1. The Morgan fingerprint density at radius 1 is 1.26 bits per heavy atom. The van der Waals surface area contributed by atoms with Crippen molar-refractivity contribution in [1.29, 1.82) is 5.26 Å². The van der Waals surface area contributed by atoms with Crippen LogP contribution in [0.1, 0.15) is 31.9 Å². The molecule has 0 aromatic heterocycles. The first kappa shape index (κ1) is 15.5. The molecule has 0 saturated heterocycles. The predicted molar refractivity (Wildman–Crippen MR) is 75.1 cm³/mol. The van der Waals surface area contributed by atoms with Crippen LogP contribution in [0.3, 0.4) is 0 Å². The number of nitrogens with one attached hydrogen (secondary N) is 1. The van der Waals surface area contributed by atoms with Gasteiger partial charge in [0.25, 0.3) is 0 Å². The second kappa shape index (κ2) is 8.52. The van der Waals surface area contributed by atoms with E-state index in [-0.39, 0.29) is 12.6 Å². The smallest absolute Gasteiger partial charge is 0.174 e. The molecule has 1 aromatic carbocycles. The maximum Gasteiger partial charge on any atom is 0.174 e. The van der Waals surface area contributed by atoms with E-state index in [4.69, 9.17) is 14.7 Å². The average Bonchev–Trinajstić information content (AvgIpc) is 2.43. The number of ether oxygens (including phenoxy) is 2. The summed E-state index contributed by atoms with van der Waals surface area (Å²) in [4.78, 5) is 0. The quantitative estimate of drug-likeness (QED) is 0.782. The Balaban J connectivity index is 2.48. The van der Waals surface area contributed by atoms with Crippen LogP contribution in [0.5, 0.6) is 5.75 Å². The minimum absolute atomic E-state index is 0.0845. The van der Waals surface area contributed by atoms with E-state index < -0.39 is 0 Å². The summed E-state index contributed by atoms with van der Waals surface area (Å²) in [5.41, 5.74) is 1.20. The van der Waals surface area contributed by atoms with Gasteiger partial charge in [-0.25, -0.2) is 0 Å². The Hall–Kier alpha value is -1.57. The molecule has 19 heavy (non-hydrogen) atoms. The maximum absolute atomic E-state index is 8.45. The molecular weight excluding hydrogens is 240 g/mol. The van der Waals surface area contributed by atoms with Crippen molar-refractivity contribution in [2.45, 2.75) is 32.4 Å². The van der Waals surface area contributed by atoms with Crippen LogP contribution < -0.4 is 10.1 Å². The Morgan fingerprint density at radius 2 is 1.95 bits per heavy atom. The van der Waals surface area contributed by atoms with Gasteiger partial charge < -0.3 is 14.8 Å². The van der Waals surface area contributed by atoms with E-state index >= 15 is 0 Å². The van der Waals surface area contributed by atoms with Gasteiger partial charge in [0.05, 0.1) is 0 Å². The molecule has 1 N–H and O–H groups in total. The number of nitrogens with zero attached hydrogens (tertiary/aromatic N) is 1. The number of hydrogen-bond donors (Lipinski definition) is 1. The van der Waals surface area contributed by atoms with Crippen LogP contribution in [0.4, 0.5) is 0 Å². The summed E-state index contributed by atoms with van der Waals surface area (Å²) < 4.78 is 10.3. The van der Waals surface area contributed by atoms with Gasteiger partial charge in [0.2, 0.25) is 0 Å². The minimum Gasteiger partial charge on any atom is -0.479 e. The number of hydrogen-bond acceptors (Lipinski definition) is 4. The van der Waals surface area contributed by atoms with Gasteiger partial charge in [0.15, 0.2) is 6.61 Å². The molecule has 0 heterocycles. The Morgan fingerprint density at radius 3 is 2.53 bits per heavy atom. The lowest BCUT2D eigenvalue weighted by Gasteiger charge is -2.20. The van der Waals surface area contributed by atoms with Crippen molar-refractivity contribution in [2.75, 3.05) is 20.3 Å². The second-order valence-corrected chi connectivity index (χ2v) is 4.59. The van der Waals surface area contributed by atoms with Crippen LogP contribution in [0.25, 0.3) is 0 Å². The number of nitriles is 1. The third-order valence-corrected chi connectivity index (χ3v) is 2.97. The molecular formula is C15H22N2O2. The second-order valence-electron chi connectivity index (χ2n) is 4.59. The van der Waals surface area contributed by atoms with Crippen LogP contribution >= 0.6 is 0 Å². The maximum atomic E-state index is 8.45. The predicted octanol–water partition coefficient (Wildman–Crippen LogP) is 2.66. The highest BCUT2D eigenvalue weighted by molar-refractivity contribution is 5.29. The summed E-state index contributed by atoms with van der Waals surface area (Å²) in [6.07, 6.45) is 0.990. The van der Waals surface area contributed by atoms with Gasteiger partial charge in [0.1, 0.15) is 11.8 Å². The third-order valence-electron chi connectivity index (χ3n) is 2.97. The molecule has 4 heteroatoms. The molecule has 0 aliphatic heterocycles. The van der Waals surface area contributed by atoms with Gasteiger partial charge in [-0.2, -0.15) is 5.26 Å². The van der Waals surface area contributed by atoms with Crippen LogP contribution in [0.2, 0.25) is 0 Å².